The van der Waals surface area contributed by atoms with E-state index in [0.717, 1.165) is 16.3 Å². The van der Waals surface area contributed by atoms with Gasteiger partial charge in [0.25, 0.3) is 0 Å². The Balaban J connectivity index is 1.62. The first kappa shape index (κ1) is 17.3. The third-order valence-corrected chi connectivity index (χ3v) is 4.27. The maximum absolute atomic E-state index is 11.4. The summed E-state index contributed by atoms with van der Waals surface area (Å²) < 4.78 is 4.90. The largest absolute Gasteiger partial charge is 0.466 e. The molecule has 0 aliphatic heterocycles. The van der Waals surface area contributed by atoms with E-state index in [9.17, 15) is 4.79 Å². The number of carbonyl (C=O) groups is 1. The summed E-state index contributed by atoms with van der Waals surface area (Å²) in [6, 6.07) is 7.69. The third-order valence-electron chi connectivity index (χ3n) is 3.27. The second-order valence-electron chi connectivity index (χ2n) is 5.11. The number of ether oxygens (including phenoxy) is 1. The van der Waals surface area contributed by atoms with Gasteiger partial charge in [-0.3, -0.25) is 10.2 Å². The Kier molecular flexibility index (Phi) is 5.57. The normalized spacial score (nSPS) is 11.1. The topological polar surface area (TPSA) is 76.5 Å². The molecule has 0 saturated heterocycles. The summed E-state index contributed by atoms with van der Waals surface area (Å²) >= 11 is 7.26. The van der Waals surface area contributed by atoms with E-state index in [2.05, 4.69) is 20.5 Å². The highest BCUT2D eigenvalue weighted by Crippen LogP contribution is 2.18. The van der Waals surface area contributed by atoms with Gasteiger partial charge in [-0.15, -0.1) is 11.3 Å². The molecule has 0 atom stereocenters. The number of nitrogens with zero attached hydrogens (tertiary/aromatic N) is 3. The zero-order valence-electron chi connectivity index (χ0n) is 13.4. The van der Waals surface area contributed by atoms with Gasteiger partial charge < -0.3 is 4.74 Å². The van der Waals surface area contributed by atoms with E-state index >= 15 is 0 Å². The predicted octanol–water partition coefficient (Wildman–Crippen LogP) is 3.90. The fourth-order valence-electron chi connectivity index (χ4n) is 2.18. The lowest BCUT2D eigenvalue weighted by Gasteiger charge is -2.00. The zero-order chi connectivity index (χ0) is 17.6. The Bertz CT molecular complexity index is 926. The van der Waals surface area contributed by atoms with Crippen molar-refractivity contribution in [2.45, 2.75) is 13.3 Å². The molecule has 1 N–H and O–H groups in total. The van der Waals surface area contributed by atoms with Crippen molar-refractivity contribution in [3.63, 3.8) is 0 Å². The van der Waals surface area contributed by atoms with Gasteiger partial charge in [-0.25, -0.2) is 9.97 Å². The molecule has 8 heteroatoms. The summed E-state index contributed by atoms with van der Waals surface area (Å²) in [7, 11) is 0. The van der Waals surface area contributed by atoms with Crippen molar-refractivity contribution in [2.24, 2.45) is 5.10 Å². The van der Waals surface area contributed by atoms with E-state index < -0.39 is 0 Å². The minimum absolute atomic E-state index is 0.163. The van der Waals surface area contributed by atoms with Crippen LogP contribution < -0.4 is 5.43 Å². The number of hydrogen-bond donors (Lipinski definition) is 1. The number of rotatable bonds is 6. The number of nitrogens with one attached hydrogen (secondary N) is 1. The van der Waals surface area contributed by atoms with Crippen molar-refractivity contribution in [3.05, 3.63) is 52.3 Å². The van der Waals surface area contributed by atoms with Gasteiger partial charge in [0.1, 0.15) is 5.15 Å². The van der Waals surface area contributed by atoms with Crippen LogP contribution in [0.3, 0.4) is 0 Å². The average molecular weight is 375 g/mol. The molecule has 0 radical (unpaired) electrons. The van der Waals surface area contributed by atoms with Gasteiger partial charge >= 0.3 is 5.97 Å². The predicted molar refractivity (Wildman–Crippen MR) is 100 cm³/mol. The first-order chi connectivity index (χ1) is 12.1. The number of aromatic nitrogens is 2. The van der Waals surface area contributed by atoms with Crippen LogP contribution in [0.1, 0.15) is 18.2 Å². The van der Waals surface area contributed by atoms with E-state index in [1.54, 1.807) is 24.7 Å². The Hall–Kier alpha value is -2.51. The van der Waals surface area contributed by atoms with Crippen LogP contribution in [-0.4, -0.2) is 28.8 Å². The molecule has 0 aliphatic rings. The fraction of sp³-hybridized carbons (Fsp3) is 0.176. The van der Waals surface area contributed by atoms with E-state index in [4.69, 9.17) is 16.3 Å². The molecule has 25 heavy (non-hydrogen) atoms. The number of carbonyl (C=O) groups excluding carboxylic acids is 1. The maximum atomic E-state index is 11.4. The van der Waals surface area contributed by atoms with E-state index in [1.807, 2.05) is 24.3 Å². The summed E-state index contributed by atoms with van der Waals surface area (Å²) in [5.41, 5.74) is 4.45. The summed E-state index contributed by atoms with van der Waals surface area (Å²) in [4.78, 5) is 19.8. The van der Waals surface area contributed by atoms with Crippen LogP contribution in [0, 0.1) is 0 Å². The summed E-state index contributed by atoms with van der Waals surface area (Å²) in [5.74, 6) is -0.285. The van der Waals surface area contributed by atoms with Crippen molar-refractivity contribution in [3.8, 4) is 0 Å². The molecule has 3 aromatic rings. The Morgan fingerprint density at radius 3 is 3.12 bits per heavy atom. The average Bonchev–Trinajstić information content (AvgIpc) is 3.02. The standard InChI is InChI=1S/C17H15ClN4O2S/c1-2-24-16(23)7-14-10-25-17(21-14)22-20-8-11-3-4-12-6-15(18)19-9-13(12)5-11/h3-6,8-10H,2,7H2,1H3,(H,21,22). The molecule has 2 aromatic heterocycles. The van der Waals surface area contributed by atoms with Gasteiger partial charge in [0.2, 0.25) is 5.13 Å². The van der Waals surface area contributed by atoms with E-state index in [0.29, 0.717) is 22.6 Å². The molecule has 0 bridgehead atoms. The lowest BCUT2D eigenvalue weighted by Crippen LogP contribution is -2.07. The minimum atomic E-state index is -0.285. The van der Waals surface area contributed by atoms with Crippen LogP contribution in [0.25, 0.3) is 10.8 Å². The molecule has 3 rings (SSSR count). The smallest absolute Gasteiger partial charge is 0.311 e. The van der Waals surface area contributed by atoms with Crippen LogP contribution in [0.2, 0.25) is 5.15 Å². The molecule has 1 aromatic carbocycles. The highest BCUT2D eigenvalue weighted by molar-refractivity contribution is 7.13. The molecule has 0 spiro atoms. The van der Waals surface area contributed by atoms with Crippen molar-refractivity contribution in [2.75, 3.05) is 12.0 Å². The van der Waals surface area contributed by atoms with Crippen LogP contribution in [-0.2, 0) is 16.0 Å². The van der Waals surface area contributed by atoms with Crippen LogP contribution >= 0.6 is 22.9 Å². The monoisotopic (exact) mass is 374 g/mol. The zero-order valence-corrected chi connectivity index (χ0v) is 15.0. The summed E-state index contributed by atoms with van der Waals surface area (Å²) in [5, 5.41) is 9.07. The first-order valence-electron chi connectivity index (χ1n) is 7.58. The summed E-state index contributed by atoms with van der Waals surface area (Å²) in [6.45, 7) is 2.14. The number of fused-ring (bicyclic) bond motifs is 1. The molecule has 0 unspecified atom stereocenters. The molecule has 2 heterocycles. The van der Waals surface area contributed by atoms with Crippen LogP contribution in [0.5, 0.6) is 0 Å². The van der Waals surface area contributed by atoms with Gasteiger partial charge in [-0.05, 0) is 30.0 Å². The van der Waals surface area contributed by atoms with Crippen molar-refractivity contribution in [1.29, 1.82) is 0 Å². The number of benzene rings is 1. The molecule has 6 nitrogen and oxygen atoms in total. The van der Waals surface area contributed by atoms with E-state index in [1.165, 1.54) is 11.3 Å². The number of thiazole rings is 1. The molecule has 128 valence electrons. The lowest BCUT2D eigenvalue weighted by molar-refractivity contribution is -0.142. The number of halogens is 1. The van der Waals surface area contributed by atoms with Gasteiger partial charge in [-0.1, -0.05) is 23.7 Å². The molecule has 0 amide bonds. The molecule has 0 saturated carbocycles. The first-order valence-corrected chi connectivity index (χ1v) is 8.84. The number of hydrogen-bond acceptors (Lipinski definition) is 7. The van der Waals surface area contributed by atoms with Gasteiger partial charge in [0.15, 0.2) is 0 Å². The SMILES string of the molecule is CCOC(=O)Cc1csc(NN=Cc2ccc3cc(Cl)ncc3c2)n1. The highest BCUT2D eigenvalue weighted by Gasteiger charge is 2.07. The highest BCUT2D eigenvalue weighted by atomic mass is 35.5. The second kappa shape index (κ2) is 8.04. The molecule has 0 aliphatic carbocycles. The number of anilines is 1. The molecule has 0 fully saturated rings. The maximum Gasteiger partial charge on any atom is 0.311 e. The van der Waals surface area contributed by atoms with Gasteiger partial charge in [0.05, 0.1) is 24.9 Å². The van der Waals surface area contributed by atoms with E-state index in [-0.39, 0.29) is 12.4 Å². The number of pyridine rings is 1. The second-order valence-corrected chi connectivity index (χ2v) is 6.35. The molecular weight excluding hydrogens is 360 g/mol. The van der Waals surface area contributed by atoms with Crippen LogP contribution in [0.4, 0.5) is 5.13 Å². The van der Waals surface area contributed by atoms with Gasteiger partial charge in [0, 0.05) is 17.0 Å². The van der Waals surface area contributed by atoms with Gasteiger partial charge in [-0.2, -0.15) is 5.10 Å². The summed E-state index contributed by atoms with van der Waals surface area (Å²) in [6.07, 6.45) is 3.58. The van der Waals surface area contributed by atoms with Crippen molar-refractivity contribution >= 4 is 51.0 Å². The third kappa shape index (κ3) is 4.74. The van der Waals surface area contributed by atoms with Crippen molar-refractivity contribution < 1.29 is 9.53 Å². The molecular formula is C17H15ClN4O2S. The Morgan fingerprint density at radius 1 is 1.40 bits per heavy atom. The van der Waals surface area contributed by atoms with Crippen molar-refractivity contribution in [1.82, 2.24) is 9.97 Å². The number of esters is 1. The Labute approximate surface area is 153 Å². The minimum Gasteiger partial charge on any atom is -0.466 e. The van der Waals surface area contributed by atoms with Crippen LogP contribution in [0.15, 0.2) is 40.9 Å². The quantitative estimate of drug-likeness (QED) is 0.306. The Morgan fingerprint density at radius 2 is 2.28 bits per heavy atom. The lowest BCUT2D eigenvalue weighted by atomic mass is 10.1. The number of hydrazone groups is 1. The fourth-order valence-corrected chi connectivity index (χ4v) is 3.00.